The fourth-order valence-corrected chi connectivity index (χ4v) is 1.88. The van der Waals surface area contributed by atoms with Crippen LogP contribution in [0.25, 0.3) is 0 Å². The summed E-state index contributed by atoms with van der Waals surface area (Å²) in [6, 6.07) is 2.97. The highest BCUT2D eigenvalue weighted by atomic mass is 19.4. The zero-order chi connectivity index (χ0) is 15.3. The molecule has 6 heteroatoms. The minimum atomic E-state index is -4.52. The summed E-state index contributed by atoms with van der Waals surface area (Å²) in [5.41, 5.74) is -0.763. The van der Waals surface area contributed by atoms with Crippen molar-refractivity contribution >= 4 is 5.69 Å². The van der Waals surface area contributed by atoms with Gasteiger partial charge >= 0.3 is 6.18 Å². The van der Waals surface area contributed by atoms with Gasteiger partial charge in [0.2, 0.25) is 0 Å². The molecule has 0 heterocycles. The number of anilines is 1. The number of hydrogen-bond acceptors (Lipinski definition) is 2. The third-order valence-corrected chi connectivity index (χ3v) is 2.93. The van der Waals surface area contributed by atoms with Crippen LogP contribution in [0, 0.1) is 5.82 Å². The van der Waals surface area contributed by atoms with E-state index >= 15 is 0 Å². The van der Waals surface area contributed by atoms with E-state index in [2.05, 4.69) is 5.32 Å². The van der Waals surface area contributed by atoms with E-state index in [0.717, 1.165) is 6.07 Å². The number of hydrogen-bond donors (Lipinski definition) is 1. The van der Waals surface area contributed by atoms with Gasteiger partial charge in [0, 0.05) is 25.7 Å². The van der Waals surface area contributed by atoms with Crippen molar-refractivity contribution in [2.75, 3.05) is 24.5 Å². The normalized spacial score (nSPS) is 12.0. The van der Waals surface area contributed by atoms with Crippen LogP contribution in [0.15, 0.2) is 18.2 Å². The molecule has 0 fully saturated rings. The Bertz CT molecular complexity index is 430. The van der Waals surface area contributed by atoms with Crippen LogP contribution >= 0.6 is 0 Å². The summed E-state index contributed by atoms with van der Waals surface area (Å²) in [4.78, 5) is 1.71. The molecule has 0 amide bonds. The summed E-state index contributed by atoms with van der Waals surface area (Å²) in [5, 5.41) is 3.19. The van der Waals surface area contributed by atoms with Crippen LogP contribution in [-0.4, -0.2) is 25.7 Å². The monoisotopic (exact) mass is 292 g/mol. The van der Waals surface area contributed by atoms with Crippen molar-refractivity contribution in [1.82, 2.24) is 5.32 Å². The number of likely N-dealkylation sites (N-methyl/N-ethyl adjacent to an activating group) is 1. The van der Waals surface area contributed by atoms with Gasteiger partial charge in [0.15, 0.2) is 0 Å². The van der Waals surface area contributed by atoms with Crippen molar-refractivity contribution in [3.63, 3.8) is 0 Å². The molecule has 0 atom stereocenters. The number of alkyl halides is 3. The predicted octanol–water partition coefficient (Wildman–Crippen LogP) is 3.67. The van der Waals surface area contributed by atoms with Crippen LogP contribution in [0.1, 0.15) is 26.3 Å². The second-order valence-electron chi connectivity index (χ2n) is 4.85. The van der Waals surface area contributed by atoms with Gasteiger partial charge in [-0.2, -0.15) is 13.2 Å². The molecule has 0 saturated carbocycles. The van der Waals surface area contributed by atoms with Crippen molar-refractivity contribution in [2.45, 2.75) is 33.0 Å². The first kappa shape index (κ1) is 16.8. The molecule has 0 spiro atoms. The van der Waals surface area contributed by atoms with Crippen LogP contribution in [0.4, 0.5) is 23.2 Å². The van der Waals surface area contributed by atoms with Crippen molar-refractivity contribution < 1.29 is 17.6 Å². The van der Waals surface area contributed by atoms with Crippen LogP contribution in [0.5, 0.6) is 0 Å². The number of halogens is 4. The summed E-state index contributed by atoms with van der Waals surface area (Å²) in [5.74, 6) is -0.841. The third-order valence-electron chi connectivity index (χ3n) is 2.93. The Balaban J connectivity index is 2.83. The molecule has 0 saturated heterocycles. The highest BCUT2D eigenvalue weighted by Gasteiger charge is 2.31. The van der Waals surface area contributed by atoms with Crippen molar-refractivity contribution in [3.8, 4) is 0 Å². The number of rotatable bonds is 6. The first-order valence-corrected chi connectivity index (χ1v) is 6.60. The Morgan fingerprint density at radius 1 is 1.25 bits per heavy atom. The molecule has 1 aromatic rings. The summed E-state index contributed by atoms with van der Waals surface area (Å²) in [7, 11) is 0. The second-order valence-corrected chi connectivity index (χ2v) is 4.85. The molecule has 0 unspecified atom stereocenters. The van der Waals surface area contributed by atoms with E-state index < -0.39 is 17.6 Å². The first-order chi connectivity index (χ1) is 9.25. The molecular formula is C14H20F4N2. The zero-order valence-corrected chi connectivity index (χ0v) is 11.9. The van der Waals surface area contributed by atoms with Crippen LogP contribution in [0.3, 0.4) is 0 Å². The lowest BCUT2D eigenvalue weighted by molar-refractivity contribution is -0.137. The summed E-state index contributed by atoms with van der Waals surface area (Å²) in [6.45, 7) is 7.54. The maximum atomic E-state index is 13.8. The molecule has 0 aliphatic heterocycles. The van der Waals surface area contributed by atoms with Gasteiger partial charge < -0.3 is 10.2 Å². The molecule has 0 radical (unpaired) electrons. The topological polar surface area (TPSA) is 15.3 Å². The van der Waals surface area contributed by atoms with Crippen molar-refractivity contribution in [2.24, 2.45) is 0 Å². The maximum Gasteiger partial charge on any atom is 0.416 e. The highest BCUT2D eigenvalue weighted by Crippen LogP contribution is 2.32. The Labute approximate surface area is 116 Å². The Morgan fingerprint density at radius 3 is 2.35 bits per heavy atom. The first-order valence-electron chi connectivity index (χ1n) is 6.60. The van der Waals surface area contributed by atoms with Gasteiger partial charge in [0.1, 0.15) is 5.82 Å². The van der Waals surface area contributed by atoms with E-state index in [1.807, 2.05) is 20.8 Å². The van der Waals surface area contributed by atoms with E-state index in [1.165, 1.54) is 6.07 Å². The zero-order valence-electron chi connectivity index (χ0n) is 11.9. The van der Waals surface area contributed by atoms with E-state index in [1.54, 1.807) is 4.90 Å². The van der Waals surface area contributed by atoms with Gasteiger partial charge in [-0.05, 0) is 25.1 Å². The van der Waals surface area contributed by atoms with Gasteiger partial charge in [0.25, 0.3) is 0 Å². The van der Waals surface area contributed by atoms with Gasteiger partial charge in [0.05, 0.1) is 11.3 Å². The average molecular weight is 292 g/mol. The summed E-state index contributed by atoms with van der Waals surface area (Å²) < 4.78 is 51.3. The molecule has 20 heavy (non-hydrogen) atoms. The second kappa shape index (κ2) is 6.92. The lowest BCUT2D eigenvalue weighted by Crippen LogP contribution is -2.35. The van der Waals surface area contributed by atoms with Gasteiger partial charge in [-0.25, -0.2) is 4.39 Å². The standard InChI is InChI=1S/C14H20F4N2/c1-4-20(8-7-19-10(2)3)13-6-5-11(9-12(13)15)14(16,17)18/h5-6,9-10,19H,4,7-8H2,1-3H3. The number of benzene rings is 1. The molecular weight excluding hydrogens is 272 g/mol. The lowest BCUT2D eigenvalue weighted by atomic mass is 10.1. The SMILES string of the molecule is CCN(CCNC(C)C)c1ccc(C(F)(F)F)cc1F. The molecule has 2 nitrogen and oxygen atoms in total. The molecule has 0 bridgehead atoms. The van der Waals surface area contributed by atoms with E-state index in [4.69, 9.17) is 0 Å². The van der Waals surface area contributed by atoms with Crippen LogP contribution in [-0.2, 0) is 6.18 Å². The molecule has 0 aliphatic rings. The fourth-order valence-electron chi connectivity index (χ4n) is 1.88. The summed E-state index contributed by atoms with van der Waals surface area (Å²) >= 11 is 0. The Morgan fingerprint density at radius 2 is 1.90 bits per heavy atom. The van der Waals surface area contributed by atoms with Crippen LogP contribution < -0.4 is 10.2 Å². The molecule has 1 N–H and O–H groups in total. The van der Waals surface area contributed by atoms with Gasteiger partial charge in [-0.15, -0.1) is 0 Å². The largest absolute Gasteiger partial charge is 0.416 e. The highest BCUT2D eigenvalue weighted by molar-refractivity contribution is 5.49. The van der Waals surface area contributed by atoms with E-state index in [0.29, 0.717) is 31.7 Å². The molecule has 0 aliphatic carbocycles. The van der Waals surface area contributed by atoms with Gasteiger partial charge in [-0.3, -0.25) is 0 Å². The van der Waals surface area contributed by atoms with Crippen molar-refractivity contribution in [1.29, 1.82) is 0 Å². The fraction of sp³-hybridized carbons (Fsp3) is 0.571. The molecule has 0 aromatic heterocycles. The molecule has 114 valence electrons. The molecule has 1 aromatic carbocycles. The smallest absolute Gasteiger partial charge is 0.368 e. The Kier molecular flexibility index (Phi) is 5.80. The predicted molar refractivity (Wildman–Crippen MR) is 72.4 cm³/mol. The lowest BCUT2D eigenvalue weighted by Gasteiger charge is -2.25. The van der Waals surface area contributed by atoms with Gasteiger partial charge in [-0.1, -0.05) is 13.8 Å². The average Bonchev–Trinajstić information content (AvgIpc) is 2.34. The van der Waals surface area contributed by atoms with E-state index in [-0.39, 0.29) is 5.69 Å². The Hall–Kier alpha value is -1.30. The quantitative estimate of drug-likeness (QED) is 0.805. The van der Waals surface area contributed by atoms with Crippen molar-refractivity contribution in [3.05, 3.63) is 29.6 Å². The third kappa shape index (κ3) is 4.67. The number of nitrogens with zero attached hydrogens (tertiary/aromatic N) is 1. The minimum absolute atomic E-state index is 0.200. The summed E-state index contributed by atoms with van der Waals surface area (Å²) in [6.07, 6.45) is -4.52. The minimum Gasteiger partial charge on any atom is -0.368 e. The maximum absolute atomic E-state index is 13.8. The van der Waals surface area contributed by atoms with Crippen LogP contribution in [0.2, 0.25) is 0 Å². The molecule has 1 rings (SSSR count). The number of nitrogens with one attached hydrogen (secondary N) is 1. The van der Waals surface area contributed by atoms with E-state index in [9.17, 15) is 17.6 Å².